The maximum atomic E-state index is 5.09. The number of para-hydroxylation sites is 1. The number of fused-ring (bicyclic) bond motifs is 3. The molecule has 4 nitrogen and oxygen atoms in total. The van der Waals surface area contributed by atoms with Gasteiger partial charge in [-0.3, -0.25) is 4.98 Å². The summed E-state index contributed by atoms with van der Waals surface area (Å²) in [5.74, 6) is 0.699. The highest BCUT2D eigenvalue weighted by molar-refractivity contribution is 6.07. The van der Waals surface area contributed by atoms with Crippen LogP contribution in [0.4, 0.5) is 0 Å². The van der Waals surface area contributed by atoms with Crippen LogP contribution in [0.5, 0.6) is 0 Å². The Bertz CT molecular complexity index is 2180. The molecule has 8 aromatic rings. The lowest BCUT2D eigenvalue weighted by Crippen LogP contribution is -1.98. The largest absolute Gasteiger partial charge is 0.308 e. The second-order valence-electron chi connectivity index (χ2n) is 10.5. The molecule has 0 aliphatic carbocycles. The molecular formula is C39H26N4. The van der Waals surface area contributed by atoms with Gasteiger partial charge in [-0.2, -0.15) is 0 Å². The van der Waals surface area contributed by atoms with Crippen molar-refractivity contribution in [1.29, 1.82) is 0 Å². The van der Waals surface area contributed by atoms with Crippen LogP contribution in [-0.4, -0.2) is 19.5 Å². The second-order valence-corrected chi connectivity index (χ2v) is 10.5. The highest BCUT2D eigenvalue weighted by Crippen LogP contribution is 2.34. The summed E-state index contributed by atoms with van der Waals surface area (Å²) in [5.41, 5.74) is 11.4. The molecule has 0 atom stereocenters. The summed E-state index contributed by atoms with van der Waals surface area (Å²) in [5, 5.41) is 1.14. The van der Waals surface area contributed by atoms with Crippen LogP contribution < -0.4 is 0 Å². The molecule has 0 aliphatic rings. The van der Waals surface area contributed by atoms with Gasteiger partial charge >= 0.3 is 0 Å². The fraction of sp³-hybridized carbons (Fsp3) is 0. The fourth-order valence-electron chi connectivity index (χ4n) is 5.81. The van der Waals surface area contributed by atoms with Crippen LogP contribution >= 0.6 is 0 Å². The summed E-state index contributed by atoms with van der Waals surface area (Å²) in [6, 6.07) is 52.4. The molecule has 8 rings (SSSR count). The minimum absolute atomic E-state index is 0.699. The SMILES string of the molecule is c1ccc(-c2cccc(-c3cc(-c4cccc(-n5c6ccccc6c6ncccc65)c4)nc(-c4ccccc4)n3)c2)cc1. The van der Waals surface area contributed by atoms with E-state index < -0.39 is 0 Å². The summed E-state index contributed by atoms with van der Waals surface area (Å²) in [6.07, 6.45) is 1.86. The molecule has 0 spiro atoms. The van der Waals surface area contributed by atoms with Crippen molar-refractivity contribution >= 4 is 21.9 Å². The molecule has 4 heteroatoms. The van der Waals surface area contributed by atoms with E-state index in [1.165, 1.54) is 5.56 Å². The number of hydrogen-bond acceptors (Lipinski definition) is 3. The molecule has 0 unspecified atom stereocenters. The van der Waals surface area contributed by atoms with E-state index >= 15 is 0 Å². The maximum Gasteiger partial charge on any atom is 0.160 e. The summed E-state index contributed by atoms with van der Waals surface area (Å²) in [6.45, 7) is 0. The van der Waals surface area contributed by atoms with Crippen LogP contribution in [0, 0.1) is 0 Å². The van der Waals surface area contributed by atoms with Gasteiger partial charge in [-0.25, -0.2) is 9.97 Å². The zero-order valence-electron chi connectivity index (χ0n) is 23.3. The first-order chi connectivity index (χ1) is 21.3. The van der Waals surface area contributed by atoms with Gasteiger partial charge in [-0.05, 0) is 53.6 Å². The Morgan fingerprint density at radius 1 is 0.419 bits per heavy atom. The molecule has 0 radical (unpaired) electrons. The minimum atomic E-state index is 0.699. The maximum absolute atomic E-state index is 5.09. The van der Waals surface area contributed by atoms with Crippen molar-refractivity contribution in [2.45, 2.75) is 0 Å². The Labute approximate surface area is 249 Å². The van der Waals surface area contributed by atoms with E-state index in [0.717, 1.165) is 61.3 Å². The molecule has 0 aliphatic heterocycles. The Morgan fingerprint density at radius 2 is 1.02 bits per heavy atom. The highest BCUT2D eigenvalue weighted by atomic mass is 15.0. The lowest BCUT2D eigenvalue weighted by Gasteiger charge is -2.12. The average Bonchev–Trinajstić information content (AvgIpc) is 3.43. The van der Waals surface area contributed by atoms with Crippen molar-refractivity contribution in [3.8, 4) is 50.7 Å². The molecule has 3 heterocycles. The zero-order chi connectivity index (χ0) is 28.6. The average molecular weight is 551 g/mol. The first-order valence-electron chi connectivity index (χ1n) is 14.4. The van der Waals surface area contributed by atoms with Crippen molar-refractivity contribution < 1.29 is 0 Å². The van der Waals surface area contributed by atoms with Crippen molar-refractivity contribution in [3.05, 3.63) is 158 Å². The number of pyridine rings is 1. The Kier molecular flexibility index (Phi) is 6.08. The Hall–Kier alpha value is -5.87. The predicted molar refractivity (Wildman–Crippen MR) is 176 cm³/mol. The molecule has 43 heavy (non-hydrogen) atoms. The van der Waals surface area contributed by atoms with E-state index in [4.69, 9.17) is 15.0 Å². The first kappa shape index (κ1) is 24.9. The highest BCUT2D eigenvalue weighted by Gasteiger charge is 2.15. The minimum Gasteiger partial charge on any atom is -0.308 e. The number of rotatable bonds is 5. The van der Waals surface area contributed by atoms with Crippen LogP contribution in [0.25, 0.3) is 72.7 Å². The lowest BCUT2D eigenvalue weighted by molar-refractivity contribution is 1.16. The third kappa shape index (κ3) is 4.55. The topological polar surface area (TPSA) is 43.6 Å². The van der Waals surface area contributed by atoms with Crippen LogP contribution in [-0.2, 0) is 0 Å². The molecule has 5 aromatic carbocycles. The molecule has 0 bridgehead atoms. The fourth-order valence-corrected chi connectivity index (χ4v) is 5.81. The second kappa shape index (κ2) is 10.5. The number of aromatic nitrogens is 4. The van der Waals surface area contributed by atoms with E-state index in [1.807, 2.05) is 36.5 Å². The van der Waals surface area contributed by atoms with Crippen LogP contribution in [0.15, 0.2) is 158 Å². The monoisotopic (exact) mass is 550 g/mol. The predicted octanol–water partition coefficient (Wildman–Crippen LogP) is 9.64. The number of benzene rings is 5. The third-order valence-electron chi connectivity index (χ3n) is 7.85. The normalized spacial score (nSPS) is 11.3. The van der Waals surface area contributed by atoms with E-state index in [-0.39, 0.29) is 0 Å². The molecule has 0 amide bonds. The van der Waals surface area contributed by atoms with Gasteiger partial charge in [0.25, 0.3) is 0 Å². The number of hydrogen-bond donors (Lipinski definition) is 0. The lowest BCUT2D eigenvalue weighted by atomic mass is 10.0. The van der Waals surface area contributed by atoms with Gasteiger partial charge in [-0.1, -0.05) is 109 Å². The van der Waals surface area contributed by atoms with Crippen LogP contribution in [0.2, 0.25) is 0 Å². The molecule has 0 saturated carbocycles. The molecule has 3 aromatic heterocycles. The van der Waals surface area contributed by atoms with Gasteiger partial charge in [-0.15, -0.1) is 0 Å². The molecule has 0 saturated heterocycles. The molecule has 0 fully saturated rings. The summed E-state index contributed by atoms with van der Waals surface area (Å²) in [7, 11) is 0. The summed E-state index contributed by atoms with van der Waals surface area (Å²) < 4.78 is 2.28. The Balaban J connectivity index is 1.30. The third-order valence-corrected chi connectivity index (χ3v) is 7.85. The molecular weight excluding hydrogens is 524 g/mol. The van der Waals surface area contributed by atoms with Crippen LogP contribution in [0.1, 0.15) is 0 Å². The summed E-state index contributed by atoms with van der Waals surface area (Å²) in [4.78, 5) is 14.9. The number of nitrogens with zero attached hydrogens (tertiary/aromatic N) is 4. The molecule has 202 valence electrons. The van der Waals surface area contributed by atoms with Gasteiger partial charge in [0.05, 0.1) is 27.9 Å². The zero-order valence-corrected chi connectivity index (χ0v) is 23.3. The van der Waals surface area contributed by atoms with E-state index in [2.05, 4.69) is 126 Å². The van der Waals surface area contributed by atoms with Crippen molar-refractivity contribution in [1.82, 2.24) is 19.5 Å². The van der Waals surface area contributed by atoms with Gasteiger partial charge in [0.2, 0.25) is 0 Å². The van der Waals surface area contributed by atoms with E-state index in [9.17, 15) is 0 Å². The van der Waals surface area contributed by atoms with E-state index in [1.54, 1.807) is 0 Å². The smallest absolute Gasteiger partial charge is 0.160 e. The molecule has 0 N–H and O–H groups in total. The summed E-state index contributed by atoms with van der Waals surface area (Å²) >= 11 is 0. The van der Waals surface area contributed by atoms with Crippen molar-refractivity contribution in [3.63, 3.8) is 0 Å². The Morgan fingerprint density at radius 3 is 1.81 bits per heavy atom. The van der Waals surface area contributed by atoms with Gasteiger partial charge in [0, 0.05) is 34.0 Å². The van der Waals surface area contributed by atoms with Gasteiger partial charge < -0.3 is 4.57 Å². The van der Waals surface area contributed by atoms with Gasteiger partial charge in [0.15, 0.2) is 5.82 Å². The van der Waals surface area contributed by atoms with Gasteiger partial charge in [0.1, 0.15) is 0 Å². The quantitative estimate of drug-likeness (QED) is 0.214. The first-order valence-corrected chi connectivity index (χ1v) is 14.4. The van der Waals surface area contributed by atoms with E-state index in [0.29, 0.717) is 5.82 Å². The van der Waals surface area contributed by atoms with Crippen molar-refractivity contribution in [2.24, 2.45) is 0 Å². The van der Waals surface area contributed by atoms with Crippen LogP contribution in [0.3, 0.4) is 0 Å². The standard InChI is InChI=1S/C39H26N4/c1-3-12-27(13-4-1)29-16-9-17-30(24-29)34-26-35(42-39(41-34)28-14-5-2-6-15-28)31-18-10-19-32(25-31)43-36-21-8-7-20-33(36)38-37(43)22-11-23-40-38/h1-26H. The van der Waals surface area contributed by atoms with Crippen molar-refractivity contribution in [2.75, 3.05) is 0 Å².